The third-order valence-corrected chi connectivity index (χ3v) is 2.25. The number of Topliss-reactive ketones (excluding diaryl/α,β-unsaturated/α-hetero) is 1. The van der Waals surface area contributed by atoms with E-state index in [9.17, 15) is 23.1 Å². The van der Waals surface area contributed by atoms with E-state index in [1.54, 1.807) is 0 Å². The molecule has 1 N–H and O–H groups in total. The Hall–Kier alpha value is -1.24. The number of ketones is 1. The summed E-state index contributed by atoms with van der Waals surface area (Å²) in [5.41, 5.74) is -0.327. The first kappa shape index (κ1) is 13.8. The average molecular weight is 313 g/mol. The van der Waals surface area contributed by atoms with Crippen molar-refractivity contribution in [2.24, 2.45) is 0 Å². The molecule has 0 aliphatic rings. The highest BCUT2D eigenvalue weighted by Gasteiger charge is 2.34. The minimum atomic E-state index is -4.97. The summed E-state index contributed by atoms with van der Waals surface area (Å²) in [6.45, 7) is 1.46. The van der Waals surface area contributed by atoms with E-state index in [-0.39, 0.29) is 5.56 Å². The highest BCUT2D eigenvalue weighted by molar-refractivity contribution is 9.10. The number of phenols is 1. The number of benzene rings is 1. The van der Waals surface area contributed by atoms with Gasteiger partial charge in [-0.2, -0.15) is 0 Å². The Labute approximate surface area is 103 Å². The van der Waals surface area contributed by atoms with Gasteiger partial charge in [-0.05, 0) is 19.1 Å². The lowest BCUT2D eigenvalue weighted by Crippen LogP contribution is -2.20. The van der Waals surface area contributed by atoms with Crippen molar-refractivity contribution in [3.05, 3.63) is 23.8 Å². The van der Waals surface area contributed by atoms with Gasteiger partial charge in [0, 0.05) is 0 Å². The van der Waals surface area contributed by atoms with E-state index in [1.165, 1.54) is 13.0 Å². The van der Waals surface area contributed by atoms with Crippen molar-refractivity contribution in [3.8, 4) is 11.5 Å². The Morgan fingerprint density at radius 3 is 2.53 bits per heavy atom. The van der Waals surface area contributed by atoms with Crippen LogP contribution in [0.2, 0.25) is 0 Å². The van der Waals surface area contributed by atoms with E-state index < -0.39 is 28.5 Å². The van der Waals surface area contributed by atoms with Gasteiger partial charge in [0.25, 0.3) is 0 Å². The van der Waals surface area contributed by atoms with Crippen LogP contribution >= 0.6 is 15.9 Å². The lowest BCUT2D eigenvalue weighted by Gasteiger charge is -2.14. The molecule has 0 aliphatic heterocycles. The molecule has 1 aromatic rings. The van der Waals surface area contributed by atoms with Crippen LogP contribution in [0.3, 0.4) is 0 Å². The molecule has 0 bridgehead atoms. The molecule has 1 unspecified atom stereocenters. The summed E-state index contributed by atoms with van der Waals surface area (Å²) < 4.78 is 40.0. The van der Waals surface area contributed by atoms with Crippen LogP contribution in [0, 0.1) is 0 Å². The van der Waals surface area contributed by atoms with Crippen LogP contribution in [0.25, 0.3) is 0 Å². The molecule has 1 aromatic carbocycles. The van der Waals surface area contributed by atoms with Gasteiger partial charge in [-0.25, -0.2) is 0 Å². The van der Waals surface area contributed by atoms with Crippen LogP contribution in [-0.4, -0.2) is 22.1 Å². The summed E-state index contributed by atoms with van der Waals surface area (Å²) in [5.74, 6) is -2.22. The molecule has 0 spiro atoms. The van der Waals surface area contributed by atoms with Crippen molar-refractivity contribution in [3.63, 3.8) is 0 Å². The van der Waals surface area contributed by atoms with Gasteiger partial charge < -0.3 is 9.84 Å². The number of phenolic OH excluding ortho intramolecular Hbond substituents is 1. The third kappa shape index (κ3) is 3.62. The molecule has 7 heteroatoms. The second-order valence-electron chi connectivity index (χ2n) is 3.18. The van der Waals surface area contributed by atoms with Gasteiger partial charge in [-0.15, -0.1) is 13.2 Å². The minimum Gasteiger partial charge on any atom is -0.504 e. The predicted octanol–water partition coefficient (Wildman–Crippen LogP) is 3.26. The third-order valence-electron chi connectivity index (χ3n) is 1.84. The van der Waals surface area contributed by atoms with E-state index in [0.717, 1.165) is 12.1 Å². The molecule has 0 amide bonds. The predicted molar refractivity (Wildman–Crippen MR) is 57.5 cm³/mol. The van der Waals surface area contributed by atoms with E-state index >= 15 is 0 Å². The normalized spacial score (nSPS) is 13.2. The summed E-state index contributed by atoms with van der Waals surface area (Å²) in [6.07, 6.45) is -4.97. The number of para-hydroxylation sites is 1. The maximum atomic E-state index is 12.1. The number of hydrogen-bond donors (Lipinski definition) is 1. The Bertz CT molecular complexity index is 429. The van der Waals surface area contributed by atoms with Gasteiger partial charge in [-0.1, -0.05) is 22.0 Å². The van der Waals surface area contributed by atoms with Gasteiger partial charge in [0.15, 0.2) is 17.3 Å². The number of halogens is 4. The molecule has 0 heterocycles. The first-order valence-corrected chi connectivity index (χ1v) is 5.40. The van der Waals surface area contributed by atoms with E-state index in [0.29, 0.717) is 0 Å². The highest BCUT2D eigenvalue weighted by Crippen LogP contribution is 2.35. The van der Waals surface area contributed by atoms with Crippen LogP contribution < -0.4 is 4.74 Å². The number of aromatic hydroxyl groups is 1. The molecule has 0 aromatic heterocycles. The van der Waals surface area contributed by atoms with Crippen molar-refractivity contribution in [1.82, 2.24) is 0 Å². The van der Waals surface area contributed by atoms with Crippen molar-refractivity contribution in [2.45, 2.75) is 18.1 Å². The zero-order chi connectivity index (χ0) is 13.2. The van der Waals surface area contributed by atoms with Crippen LogP contribution in [0.1, 0.15) is 17.3 Å². The molecule has 0 aliphatic carbocycles. The molecular weight excluding hydrogens is 305 g/mol. The Morgan fingerprint density at radius 2 is 2.06 bits per heavy atom. The lowest BCUT2D eigenvalue weighted by molar-refractivity contribution is -0.275. The quantitative estimate of drug-likeness (QED) is 0.688. The molecule has 1 atom stereocenters. The molecule has 17 heavy (non-hydrogen) atoms. The standard InChI is InChI=1S/C10H8BrF3O3/c1-5(11)8(16)6-3-2-4-7(15)9(6)17-10(12,13)14/h2-5,15H,1H3. The van der Waals surface area contributed by atoms with Gasteiger partial charge in [0.2, 0.25) is 0 Å². The van der Waals surface area contributed by atoms with Crippen LogP contribution in [0.4, 0.5) is 13.2 Å². The van der Waals surface area contributed by atoms with E-state index in [2.05, 4.69) is 20.7 Å². The maximum absolute atomic E-state index is 12.1. The molecular formula is C10H8BrF3O3. The zero-order valence-corrected chi connectivity index (χ0v) is 10.2. The zero-order valence-electron chi connectivity index (χ0n) is 8.58. The number of hydrogen-bond acceptors (Lipinski definition) is 3. The lowest BCUT2D eigenvalue weighted by atomic mass is 10.1. The van der Waals surface area contributed by atoms with Gasteiger partial charge in [0.1, 0.15) is 0 Å². The van der Waals surface area contributed by atoms with Gasteiger partial charge >= 0.3 is 6.36 Å². The van der Waals surface area contributed by atoms with Crippen molar-refractivity contribution >= 4 is 21.7 Å². The number of rotatable bonds is 3. The summed E-state index contributed by atoms with van der Waals surface area (Å²) in [4.78, 5) is 10.9. The monoisotopic (exact) mass is 312 g/mol. The number of ether oxygens (including phenoxy) is 1. The first-order valence-electron chi connectivity index (χ1n) is 4.48. The average Bonchev–Trinajstić information content (AvgIpc) is 2.18. The molecule has 0 fully saturated rings. The number of carbonyl (C=O) groups is 1. The first-order chi connectivity index (χ1) is 7.72. The summed E-state index contributed by atoms with van der Waals surface area (Å²) in [6, 6.07) is 3.43. The van der Waals surface area contributed by atoms with Gasteiger partial charge in [-0.3, -0.25) is 4.79 Å². The summed E-state index contributed by atoms with van der Waals surface area (Å²) >= 11 is 2.95. The van der Waals surface area contributed by atoms with Crippen molar-refractivity contribution in [2.75, 3.05) is 0 Å². The Kier molecular flexibility index (Phi) is 4.03. The molecule has 94 valence electrons. The molecule has 0 saturated carbocycles. The fraction of sp³-hybridized carbons (Fsp3) is 0.300. The number of alkyl halides is 4. The minimum absolute atomic E-state index is 0.327. The SMILES string of the molecule is CC(Br)C(=O)c1cccc(O)c1OC(F)(F)F. The van der Waals surface area contributed by atoms with Crippen LogP contribution in [0.15, 0.2) is 18.2 Å². The van der Waals surface area contributed by atoms with Crippen LogP contribution in [-0.2, 0) is 0 Å². The highest BCUT2D eigenvalue weighted by atomic mass is 79.9. The van der Waals surface area contributed by atoms with Crippen molar-refractivity contribution in [1.29, 1.82) is 0 Å². The summed E-state index contributed by atoms with van der Waals surface area (Å²) in [5, 5.41) is 9.29. The van der Waals surface area contributed by atoms with Crippen LogP contribution in [0.5, 0.6) is 11.5 Å². The van der Waals surface area contributed by atoms with E-state index in [4.69, 9.17) is 0 Å². The second kappa shape index (κ2) is 4.95. The molecule has 0 radical (unpaired) electrons. The second-order valence-corrected chi connectivity index (χ2v) is 4.56. The fourth-order valence-electron chi connectivity index (χ4n) is 1.16. The fourth-order valence-corrected chi connectivity index (χ4v) is 1.40. The Morgan fingerprint density at radius 1 is 1.47 bits per heavy atom. The Balaban J connectivity index is 3.22. The van der Waals surface area contributed by atoms with Gasteiger partial charge in [0.05, 0.1) is 10.4 Å². The largest absolute Gasteiger partial charge is 0.573 e. The topological polar surface area (TPSA) is 46.5 Å². The molecule has 1 rings (SSSR count). The molecule has 3 nitrogen and oxygen atoms in total. The molecule has 0 saturated heterocycles. The number of carbonyl (C=O) groups excluding carboxylic acids is 1. The summed E-state index contributed by atoms with van der Waals surface area (Å²) in [7, 11) is 0. The smallest absolute Gasteiger partial charge is 0.504 e. The maximum Gasteiger partial charge on any atom is 0.573 e. The van der Waals surface area contributed by atoms with Crippen molar-refractivity contribution < 1.29 is 27.8 Å². The van der Waals surface area contributed by atoms with E-state index in [1.807, 2.05) is 0 Å².